The predicted molar refractivity (Wildman–Crippen MR) is 377 cm³/mol. The third-order valence-electron chi connectivity index (χ3n) is 22.0. The molecular formula is C83H82BN3S. The third kappa shape index (κ3) is 7.74. The minimum atomic E-state index is -0.627. The second kappa shape index (κ2) is 18.6. The third-order valence-corrected chi connectivity index (χ3v) is 23.6. The highest BCUT2D eigenvalue weighted by Crippen LogP contribution is 2.66. The number of fused-ring (bicyclic) bond motifs is 17. The molecule has 10 aromatic rings. The van der Waals surface area contributed by atoms with Crippen molar-refractivity contribution in [2.75, 3.05) is 14.7 Å². The van der Waals surface area contributed by atoms with Gasteiger partial charge in [-0.25, -0.2) is 0 Å². The van der Waals surface area contributed by atoms with E-state index in [2.05, 4.69) is 317 Å². The Hall–Kier alpha value is -7.86. The number of anilines is 9. The second-order valence-corrected chi connectivity index (χ2v) is 32.4. The molecule has 0 fully saturated rings. The van der Waals surface area contributed by atoms with Crippen LogP contribution in [0.5, 0.6) is 0 Å². The lowest BCUT2D eigenvalue weighted by molar-refractivity contribution is 0.332. The number of hydrogen-bond acceptors (Lipinski definition) is 4. The normalized spacial score (nSPS) is 19.0. The van der Waals surface area contributed by atoms with Crippen LogP contribution in [0.4, 0.5) is 51.2 Å². The van der Waals surface area contributed by atoms with Gasteiger partial charge in [-0.15, -0.1) is 0 Å². The predicted octanol–water partition coefficient (Wildman–Crippen LogP) is 20.9. The van der Waals surface area contributed by atoms with Crippen molar-refractivity contribution in [2.45, 2.75) is 161 Å². The molecule has 6 aliphatic rings. The Kier molecular flexibility index (Phi) is 11.7. The Bertz CT molecular complexity index is 4510. The first kappa shape index (κ1) is 55.5. The van der Waals surface area contributed by atoms with Crippen LogP contribution in [0.15, 0.2) is 194 Å². The van der Waals surface area contributed by atoms with E-state index in [-0.39, 0.29) is 39.2 Å². The molecule has 88 heavy (non-hydrogen) atoms. The fourth-order valence-electron chi connectivity index (χ4n) is 17.0. The zero-order valence-electron chi connectivity index (χ0n) is 54.1. The van der Waals surface area contributed by atoms with Crippen LogP contribution in [0.2, 0.25) is 0 Å². The fraction of sp³-hybridized carbons (Fsp3) is 0.301. The maximum absolute atomic E-state index is 2.77. The van der Waals surface area contributed by atoms with Crippen LogP contribution in [-0.4, -0.2) is 6.71 Å². The monoisotopic (exact) mass is 1160 g/mol. The molecule has 1 atom stereocenters. The van der Waals surface area contributed by atoms with E-state index in [9.17, 15) is 0 Å². The molecule has 16 rings (SSSR count). The van der Waals surface area contributed by atoms with Gasteiger partial charge in [0.1, 0.15) is 0 Å². The van der Waals surface area contributed by atoms with Gasteiger partial charge >= 0.3 is 0 Å². The molecule has 9 aromatic carbocycles. The molecule has 5 heteroatoms. The van der Waals surface area contributed by atoms with E-state index < -0.39 is 5.41 Å². The minimum absolute atomic E-state index is 0.00125. The van der Waals surface area contributed by atoms with Gasteiger partial charge in [-0.2, -0.15) is 11.3 Å². The molecule has 1 aromatic heterocycles. The number of nitrogens with zero attached hydrogens (tertiary/aromatic N) is 3. The first-order valence-corrected chi connectivity index (χ1v) is 33.4. The summed E-state index contributed by atoms with van der Waals surface area (Å²) in [6.07, 6.45) is 4.61. The van der Waals surface area contributed by atoms with Crippen molar-refractivity contribution in [1.29, 1.82) is 0 Å². The number of hydrogen-bond donors (Lipinski definition) is 0. The Balaban J connectivity index is 1.04. The van der Waals surface area contributed by atoms with Gasteiger partial charge in [0.25, 0.3) is 6.71 Å². The summed E-state index contributed by atoms with van der Waals surface area (Å²) in [7, 11) is 0. The van der Waals surface area contributed by atoms with E-state index in [1.54, 1.807) is 10.4 Å². The van der Waals surface area contributed by atoms with Gasteiger partial charge in [-0.1, -0.05) is 218 Å². The number of para-hydroxylation sites is 2. The standard InChI is InChI=1S/C83H82BN3S/c1-77(2,3)51-36-38-55(39-37-51)87-70-47-52(78(4,5)6)46-69-73(70)84(76-74(87)72-75(88-76)82(13,14)45-44-81(72,11)12)66-49-59-57-30-21-23-32-60(57)83(64(59)50-68(66)86(69)56-40-41-62-65(48-56)80(9,10)43-42-79(62,7)8)61-33-24-22-31-58(61)71-63(83)34-25-35-67(71)85(53-26-17-15-18-27-53)54-28-19-16-20-29-54/h15-41,46-50H,42-45H2,1-14H3. The van der Waals surface area contributed by atoms with Crippen molar-refractivity contribution in [2.24, 2.45) is 0 Å². The minimum Gasteiger partial charge on any atom is -0.311 e. The lowest BCUT2D eigenvalue weighted by Crippen LogP contribution is -2.61. The van der Waals surface area contributed by atoms with Gasteiger partial charge in [0.15, 0.2) is 0 Å². The molecule has 0 amide bonds. The van der Waals surface area contributed by atoms with Crippen LogP contribution in [0, 0.1) is 0 Å². The highest BCUT2D eigenvalue weighted by molar-refractivity contribution is 7.29. The van der Waals surface area contributed by atoms with E-state index in [0.29, 0.717) is 0 Å². The molecular weight excluding hydrogens is 1080 g/mol. The van der Waals surface area contributed by atoms with Crippen LogP contribution in [0.3, 0.4) is 0 Å². The van der Waals surface area contributed by atoms with Crippen molar-refractivity contribution in [1.82, 2.24) is 0 Å². The molecule has 0 saturated carbocycles. The van der Waals surface area contributed by atoms with E-state index in [0.717, 1.165) is 30.6 Å². The zero-order valence-corrected chi connectivity index (χ0v) is 54.9. The van der Waals surface area contributed by atoms with Gasteiger partial charge in [-0.3, -0.25) is 0 Å². The maximum Gasteiger partial charge on any atom is 0.264 e. The summed E-state index contributed by atoms with van der Waals surface area (Å²) in [6.45, 7) is 34.3. The van der Waals surface area contributed by atoms with Crippen molar-refractivity contribution in [3.05, 3.63) is 249 Å². The first-order chi connectivity index (χ1) is 41.9. The summed E-state index contributed by atoms with van der Waals surface area (Å²) in [5.74, 6) is 0. The number of rotatable bonds is 5. The number of benzene rings is 9. The van der Waals surface area contributed by atoms with E-state index in [1.165, 1.54) is 129 Å². The quantitative estimate of drug-likeness (QED) is 0.159. The molecule has 1 spiro atoms. The molecule has 0 radical (unpaired) electrons. The van der Waals surface area contributed by atoms with Crippen LogP contribution in [0.1, 0.15) is 178 Å². The molecule has 4 aliphatic carbocycles. The van der Waals surface area contributed by atoms with Gasteiger partial charge < -0.3 is 14.7 Å². The van der Waals surface area contributed by atoms with Crippen LogP contribution in [-0.2, 0) is 37.9 Å². The Morgan fingerprint density at radius 3 is 1.61 bits per heavy atom. The average molecular weight is 1160 g/mol. The SMILES string of the molecule is CC(C)(C)c1ccc(N2c3cc(C(C)(C)C)cc4c3B(c3cc5c(cc3N4c3ccc4c(c3)C(C)(C)CCC4(C)C)C3(c4ccccc4-5)c4ccccc4-c4c(N(c5ccccc5)c5ccccc5)cccc43)c3sc4c(c32)C(C)(C)CCC4(C)C)cc1. The topological polar surface area (TPSA) is 9.72 Å². The van der Waals surface area contributed by atoms with Crippen LogP contribution >= 0.6 is 11.3 Å². The lowest BCUT2D eigenvalue weighted by Gasteiger charge is -2.47. The molecule has 0 bridgehead atoms. The molecule has 1 unspecified atom stereocenters. The summed E-state index contributed by atoms with van der Waals surface area (Å²) in [5.41, 5.74) is 31.0. The van der Waals surface area contributed by atoms with Crippen molar-refractivity contribution in [3.63, 3.8) is 0 Å². The molecule has 438 valence electrons. The van der Waals surface area contributed by atoms with Gasteiger partial charge in [-0.05, 0) is 209 Å². The van der Waals surface area contributed by atoms with E-state index in [4.69, 9.17) is 0 Å². The van der Waals surface area contributed by atoms with Crippen molar-refractivity contribution >= 4 is 84.9 Å². The van der Waals surface area contributed by atoms with Crippen LogP contribution < -0.4 is 30.4 Å². The molecule has 2 aliphatic heterocycles. The van der Waals surface area contributed by atoms with Gasteiger partial charge in [0.2, 0.25) is 0 Å². The lowest BCUT2D eigenvalue weighted by atomic mass is 9.35. The summed E-state index contributed by atoms with van der Waals surface area (Å²) in [4.78, 5) is 9.58. The van der Waals surface area contributed by atoms with Gasteiger partial charge in [0, 0.05) is 55.0 Å². The molecule has 0 N–H and O–H groups in total. The second-order valence-electron chi connectivity index (χ2n) is 31.4. The van der Waals surface area contributed by atoms with E-state index >= 15 is 0 Å². The highest BCUT2D eigenvalue weighted by Gasteiger charge is 2.56. The zero-order chi connectivity index (χ0) is 61.0. The average Bonchev–Trinajstić information content (AvgIpc) is 1.53. The fourth-order valence-corrected chi connectivity index (χ4v) is 18.7. The molecule has 3 nitrogen and oxygen atoms in total. The molecule has 0 saturated heterocycles. The molecule has 3 heterocycles. The highest BCUT2D eigenvalue weighted by atomic mass is 32.1. The summed E-state index contributed by atoms with van der Waals surface area (Å²) in [6, 6.07) is 76.1. The van der Waals surface area contributed by atoms with E-state index in [1.807, 2.05) is 0 Å². The first-order valence-electron chi connectivity index (χ1n) is 32.5. The summed E-state index contributed by atoms with van der Waals surface area (Å²) >= 11 is 2.13. The number of thiophene rings is 1. The largest absolute Gasteiger partial charge is 0.311 e. The Labute approximate surface area is 528 Å². The maximum atomic E-state index is 2.77. The smallest absolute Gasteiger partial charge is 0.264 e. The summed E-state index contributed by atoms with van der Waals surface area (Å²) < 4.78 is 1.48. The van der Waals surface area contributed by atoms with Crippen LogP contribution in [0.25, 0.3) is 22.3 Å². The van der Waals surface area contributed by atoms with Crippen molar-refractivity contribution < 1.29 is 0 Å². The Morgan fingerprint density at radius 2 is 0.966 bits per heavy atom. The Morgan fingerprint density at radius 1 is 0.420 bits per heavy atom. The van der Waals surface area contributed by atoms with Crippen molar-refractivity contribution in [3.8, 4) is 22.3 Å². The summed E-state index contributed by atoms with van der Waals surface area (Å²) in [5, 5.41) is 0. The van der Waals surface area contributed by atoms with Gasteiger partial charge in [0.05, 0.1) is 16.8 Å².